The minimum Gasteiger partial charge on any atom is -0.455 e. The van der Waals surface area contributed by atoms with E-state index in [0.29, 0.717) is 39.8 Å². The number of nitrogens with one attached hydrogen (secondary N) is 1. The fraction of sp³-hybridized carbons (Fsp3) is 0.238. The second-order valence-corrected chi connectivity index (χ2v) is 6.71. The average Bonchev–Trinajstić information content (AvgIpc) is 2.98. The summed E-state index contributed by atoms with van der Waals surface area (Å²) < 4.78 is 19.3. The van der Waals surface area contributed by atoms with Gasteiger partial charge in [0, 0.05) is 49.6 Å². The first kappa shape index (κ1) is 17.3. The number of hydrogen-bond acceptors (Lipinski definition) is 4. The molecule has 1 N–H and O–H groups in total. The Morgan fingerprint density at radius 3 is 2.67 bits per heavy atom. The van der Waals surface area contributed by atoms with Gasteiger partial charge in [0.2, 0.25) is 0 Å². The molecule has 0 saturated heterocycles. The minimum absolute atomic E-state index is 0.0589. The van der Waals surface area contributed by atoms with Gasteiger partial charge in [-0.1, -0.05) is 0 Å². The highest BCUT2D eigenvalue weighted by atomic mass is 19.1. The third-order valence-corrected chi connectivity index (χ3v) is 4.98. The lowest BCUT2D eigenvalue weighted by atomic mass is 10.00. The molecular weight excluding hydrogens is 347 g/mol. The van der Waals surface area contributed by atoms with Crippen LogP contribution >= 0.6 is 0 Å². The molecule has 2 heterocycles. The average molecular weight is 366 g/mol. The van der Waals surface area contributed by atoms with Gasteiger partial charge in [-0.2, -0.15) is 0 Å². The summed E-state index contributed by atoms with van der Waals surface area (Å²) >= 11 is 0. The van der Waals surface area contributed by atoms with Gasteiger partial charge < -0.3 is 14.6 Å². The molecule has 1 aliphatic rings. The number of hydrogen-bond donors (Lipinski definition) is 1. The van der Waals surface area contributed by atoms with E-state index in [4.69, 9.17) is 4.42 Å². The molecule has 138 valence electrons. The second kappa shape index (κ2) is 6.54. The first-order chi connectivity index (χ1) is 13.0. The minimum atomic E-state index is -0.365. The van der Waals surface area contributed by atoms with E-state index >= 15 is 0 Å². The number of amides is 1. The van der Waals surface area contributed by atoms with Gasteiger partial charge in [0.15, 0.2) is 5.78 Å². The maximum absolute atomic E-state index is 13.3. The van der Waals surface area contributed by atoms with Crippen LogP contribution in [0.2, 0.25) is 0 Å². The highest BCUT2D eigenvalue weighted by Crippen LogP contribution is 2.38. The summed E-state index contributed by atoms with van der Waals surface area (Å²) in [7, 11) is 3.48. The van der Waals surface area contributed by atoms with Crippen molar-refractivity contribution in [2.75, 3.05) is 25.5 Å². The molecule has 2 aromatic carbocycles. The Balaban J connectivity index is 2.01. The standard InChI is InChI=1S/C21H19FN2O3/c1-23-21(26)19-15-10-14-16(24(2)9-3-4-17(14)25)11-18(15)27-20(19)12-5-7-13(22)8-6-12/h5-8,10-11H,3-4,9H2,1-2H3,(H,23,26). The van der Waals surface area contributed by atoms with Gasteiger partial charge in [-0.25, -0.2) is 4.39 Å². The number of rotatable bonds is 2. The maximum atomic E-state index is 13.3. The number of halogens is 1. The molecule has 1 aliphatic heterocycles. The first-order valence-corrected chi connectivity index (χ1v) is 8.82. The van der Waals surface area contributed by atoms with Crippen molar-refractivity contribution in [1.82, 2.24) is 5.32 Å². The number of Topliss-reactive ketones (excluding diaryl/α,β-unsaturated/α-hetero) is 1. The van der Waals surface area contributed by atoms with Crippen molar-refractivity contribution >= 4 is 28.3 Å². The van der Waals surface area contributed by atoms with Crippen LogP contribution < -0.4 is 10.2 Å². The summed E-state index contributed by atoms with van der Waals surface area (Å²) in [6, 6.07) is 9.35. The molecule has 0 bridgehead atoms. The summed E-state index contributed by atoms with van der Waals surface area (Å²) in [5.74, 6) is -0.263. The van der Waals surface area contributed by atoms with Crippen LogP contribution in [0.25, 0.3) is 22.3 Å². The predicted molar refractivity (Wildman–Crippen MR) is 102 cm³/mol. The van der Waals surface area contributed by atoms with Crippen molar-refractivity contribution in [2.45, 2.75) is 12.8 Å². The molecule has 4 rings (SSSR count). The predicted octanol–water partition coefficient (Wildman–Crippen LogP) is 4.01. The molecule has 5 nitrogen and oxygen atoms in total. The Bertz CT molecular complexity index is 1050. The molecule has 0 spiro atoms. The maximum Gasteiger partial charge on any atom is 0.255 e. The molecule has 0 unspecified atom stereocenters. The first-order valence-electron chi connectivity index (χ1n) is 8.82. The second-order valence-electron chi connectivity index (χ2n) is 6.71. The quantitative estimate of drug-likeness (QED) is 0.744. The molecule has 27 heavy (non-hydrogen) atoms. The van der Waals surface area contributed by atoms with Crippen LogP contribution in [0.4, 0.5) is 10.1 Å². The van der Waals surface area contributed by atoms with E-state index in [-0.39, 0.29) is 17.5 Å². The Labute approximate surface area is 155 Å². The van der Waals surface area contributed by atoms with Gasteiger partial charge in [-0.15, -0.1) is 0 Å². The molecule has 6 heteroatoms. The number of furan rings is 1. The van der Waals surface area contributed by atoms with Crippen LogP contribution in [0.1, 0.15) is 33.6 Å². The number of benzene rings is 2. The number of carbonyl (C=O) groups excluding carboxylic acids is 2. The van der Waals surface area contributed by atoms with E-state index in [1.54, 1.807) is 18.2 Å². The third kappa shape index (κ3) is 2.87. The molecule has 0 saturated carbocycles. The van der Waals surface area contributed by atoms with Crippen molar-refractivity contribution in [3.8, 4) is 11.3 Å². The van der Waals surface area contributed by atoms with Crippen molar-refractivity contribution in [1.29, 1.82) is 0 Å². The Morgan fingerprint density at radius 1 is 1.22 bits per heavy atom. The van der Waals surface area contributed by atoms with E-state index in [1.165, 1.54) is 19.2 Å². The smallest absolute Gasteiger partial charge is 0.255 e. The molecule has 0 atom stereocenters. The molecule has 0 aliphatic carbocycles. The van der Waals surface area contributed by atoms with Crippen LogP contribution in [-0.4, -0.2) is 32.3 Å². The van der Waals surface area contributed by atoms with Crippen LogP contribution in [0.5, 0.6) is 0 Å². The highest BCUT2D eigenvalue weighted by Gasteiger charge is 2.26. The largest absolute Gasteiger partial charge is 0.455 e. The van der Waals surface area contributed by atoms with Crippen molar-refractivity contribution < 1.29 is 18.4 Å². The van der Waals surface area contributed by atoms with Crippen molar-refractivity contribution in [3.63, 3.8) is 0 Å². The summed E-state index contributed by atoms with van der Waals surface area (Å²) in [6.07, 6.45) is 1.26. The van der Waals surface area contributed by atoms with E-state index in [2.05, 4.69) is 5.32 Å². The SMILES string of the molecule is CNC(=O)c1c(-c2ccc(F)cc2)oc2cc3c(cc12)C(=O)CCCN3C. The monoisotopic (exact) mass is 366 g/mol. The molecule has 0 fully saturated rings. The van der Waals surface area contributed by atoms with Gasteiger partial charge in [0.25, 0.3) is 5.91 Å². The topological polar surface area (TPSA) is 62.6 Å². The molecular formula is C21H19FN2O3. The van der Waals surface area contributed by atoms with E-state index < -0.39 is 0 Å². The fourth-order valence-corrected chi connectivity index (χ4v) is 3.56. The molecule has 3 aromatic rings. The summed E-state index contributed by atoms with van der Waals surface area (Å²) in [4.78, 5) is 27.2. The summed E-state index contributed by atoms with van der Waals surface area (Å²) in [6.45, 7) is 0.776. The van der Waals surface area contributed by atoms with Crippen molar-refractivity contribution in [2.24, 2.45) is 0 Å². The molecule has 1 aromatic heterocycles. The number of nitrogens with zero attached hydrogens (tertiary/aromatic N) is 1. The zero-order chi connectivity index (χ0) is 19.1. The van der Waals surface area contributed by atoms with Gasteiger partial charge in [-0.05, 0) is 36.8 Å². The summed E-state index contributed by atoms with van der Waals surface area (Å²) in [5.41, 5.74) is 2.86. The Morgan fingerprint density at radius 2 is 1.96 bits per heavy atom. The number of fused-ring (bicyclic) bond motifs is 2. The zero-order valence-corrected chi connectivity index (χ0v) is 15.1. The number of carbonyl (C=O) groups is 2. The Hall–Kier alpha value is -3.15. The lowest BCUT2D eigenvalue weighted by Crippen LogP contribution is -2.19. The normalized spacial score (nSPS) is 14.2. The van der Waals surface area contributed by atoms with Crippen LogP contribution in [0, 0.1) is 5.82 Å². The summed E-state index contributed by atoms with van der Waals surface area (Å²) in [5, 5.41) is 3.20. The van der Waals surface area contributed by atoms with Gasteiger partial charge in [-0.3, -0.25) is 9.59 Å². The number of anilines is 1. The van der Waals surface area contributed by atoms with Crippen LogP contribution in [-0.2, 0) is 0 Å². The highest BCUT2D eigenvalue weighted by molar-refractivity contribution is 6.14. The number of ketones is 1. The molecule has 1 amide bonds. The van der Waals surface area contributed by atoms with E-state index in [1.807, 2.05) is 18.0 Å². The third-order valence-electron chi connectivity index (χ3n) is 4.98. The van der Waals surface area contributed by atoms with E-state index in [9.17, 15) is 14.0 Å². The van der Waals surface area contributed by atoms with Gasteiger partial charge in [0.05, 0.1) is 11.3 Å². The lowest BCUT2D eigenvalue weighted by molar-refractivity contribution is 0.0961. The van der Waals surface area contributed by atoms with Gasteiger partial charge in [0.1, 0.15) is 17.2 Å². The lowest BCUT2D eigenvalue weighted by Gasteiger charge is -2.18. The Kier molecular flexibility index (Phi) is 4.18. The fourth-order valence-electron chi connectivity index (χ4n) is 3.56. The zero-order valence-electron chi connectivity index (χ0n) is 15.1. The van der Waals surface area contributed by atoms with Gasteiger partial charge >= 0.3 is 0 Å². The van der Waals surface area contributed by atoms with Crippen molar-refractivity contribution in [3.05, 3.63) is 53.3 Å². The van der Waals surface area contributed by atoms with Crippen LogP contribution in [0.15, 0.2) is 40.8 Å². The molecule has 0 radical (unpaired) electrons. The van der Waals surface area contributed by atoms with Crippen LogP contribution in [0.3, 0.4) is 0 Å². The van der Waals surface area contributed by atoms with E-state index in [0.717, 1.165) is 18.7 Å².